The number of halogens is 2. The number of hydrogen-bond acceptors (Lipinski definition) is 5. The van der Waals surface area contributed by atoms with Gasteiger partial charge in [-0.25, -0.2) is 0 Å². The van der Waals surface area contributed by atoms with Crippen molar-refractivity contribution in [3.63, 3.8) is 0 Å². The Balaban J connectivity index is 1.30. The van der Waals surface area contributed by atoms with Crippen molar-refractivity contribution in [3.8, 4) is 0 Å². The largest absolute Gasteiger partial charge is 0.392 e. The molecule has 0 bridgehead atoms. The van der Waals surface area contributed by atoms with Gasteiger partial charge in [-0.1, -0.05) is 29.3 Å². The van der Waals surface area contributed by atoms with Crippen molar-refractivity contribution in [2.24, 2.45) is 0 Å². The summed E-state index contributed by atoms with van der Waals surface area (Å²) in [6.07, 6.45) is 2.12. The molecular weight excluding hydrogens is 387 g/mol. The van der Waals surface area contributed by atoms with Crippen molar-refractivity contribution in [3.05, 3.63) is 28.2 Å². The fraction of sp³-hybridized carbons (Fsp3) is 0.632. The second kappa shape index (κ2) is 9.94. The van der Waals surface area contributed by atoms with Crippen LogP contribution in [0.4, 0.5) is 5.69 Å². The first kappa shape index (κ1) is 20.7. The number of nitrogens with one attached hydrogen (secondary N) is 2. The summed E-state index contributed by atoms with van der Waals surface area (Å²) in [5, 5.41) is 16.7. The Morgan fingerprint density at radius 1 is 1.22 bits per heavy atom. The molecule has 2 saturated heterocycles. The Kier molecular flexibility index (Phi) is 7.61. The number of nitrogens with zero attached hydrogens (tertiary/aromatic N) is 2. The molecule has 2 atom stereocenters. The summed E-state index contributed by atoms with van der Waals surface area (Å²) in [4.78, 5) is 16.7. The highest BCUT2D eigenvalue weighted by molar-refractivity contribution is 6.43. The van der Waals surface area contributed by atoms with Crippen LogP contribution in [-0.4, -0.2) is 73.9 Å². The van der Waals surface area contributed by atoms with Gasteiger partial charge in [-0.05, 0) is 37.9 Å². The summed E-state index contributed by atoms with van der Waals surface area (Å²) < 4.78 is 0. The molecule has 0 aromatic heterocycles. The maximum absolute atomic E-state index is 12.0. The average Bonchev–Trinajstić information content (AvgIpc) is 3.11. The van der Waals surface area contributed by atoms with E-state index in [0.29, 0.717) is 29.6 Å². The minimum absolute atomic E-state index is 0.00133. The number of amides is 1. The number of benzene rings is 1. The van der Waals surface area contributed by atoms with Crippen molar-refractivity contribution in [1.82, 2.24) is 15.5 Å². The van der Waals surface area contributed by atoms with Gasteiger partial charge in [0.05, 0.1) is 27.9 Å². The van der Waals surface area contributed by atoms with E-state index in [-0.39, 0.29) is 11.9 Å². The van der Waals surface area contributed by atoms with Crippen LogP contribution in [0.5, 0.6) is 0 Å². The van der Waals surface area contributed by atoms with Crippen LogP contribution in [0, 0.1) is 0 Å². The molecular formula is C19H28Cl2N4O2. The quantitative estimate of drug-likeness (QED) is 0.592. The first-order chi connectivity index (χ1) is 13.0. The van der Waals surface area contributed by atoms with Crippen LogP contribution >= 0.6 is 23.2 Å². The Labute approximate surface area is 170 Å². The van der Waals surface area contributed by atoms with Crippen molar-refractivity contribution in [1.29, 1.82) is 0 Å². The van der Waals surface area contributed by atoms with Crippen LogP contribution in [0.15, 0.2) is 18.2 Å². The topological polar surface area (TPSA) is 67.8 Å². The molecule has 0 radical (unpaired) electrons. The minimum atomic E-state index is -0.402. The molecule has 0 spiro atoms. The van der Waals surface area contributed by atoms with Gasteiger partial charge in [-0.15, -0.1) is 0 Å². The van der Waals surface area contributed by atoms with Gasteiger partial charge < -0.3 is 20.6 Å². The molecule has 0 saturated carbocycles. The maximum atomic E-state index is 12.0. The van der Waals surface area contributed by atoms with Crippen LogP contribution < -0.4 is 15.5 Å². The van der Waals surface area contributed by atoms with Gasteiger partial charge in [0.2, 0.25) is 5.91 Å². The third-order valence-corrected chi connectivity index (χ3v) is 6.08. The van der Waals surface area contributed by atoms with E-state index in [2.05, 4.69) is 20.4 Å². The molecule has 150 valence electrons. The van der Waals surface area contributed by atoms with Gasteiger partial charge in [0.1, 0.15) is 0 Å². The first-order valence-corrected chi connectivity index (χ1v) is 10.4. The predicted molar refractivity (Wildman–Crippen MR) is 110 cm³/mol. The van der Waals surface area contributed by atoms with E-state index >= 15 is 0 Å². The lowest BCUT2D eigenvalue weighted by Crippen LogP contribution is -2.46. The van der Waals surface area contributed by atoms with E-state index in [1.807, 2.05) is 18.2 Å². The number of carbonyl (C=O) groups excluding carboxylic acids is 1. The van der Waals surface area contributed by atoms with Gasteiger partial charge in [-0.3, -0.25) is 9.69 Å². The second-order valence-electron chi connectivity index (χ2n) is 7.25. The number of anilines is 1. The van der Waals surface area contributed by atoms with E-state index in [1.54, 1.807) is 0 Å². The molecule has 1 aromatic carbocycles. The van der Waals surface area contributed by atoms with Gasteiger partial charge >= 0.3 is 0 Å². The SMILES string of the molecule is O=C(NCCCCN1CCN(c2cccc(Cl)c2Cl)CC1)[C@@H]1C[C@@H](O)CN1. The number of carbonyl (C=O) groups is 1. The summed E-state index contributed by atoms with van der Waals surface area (Å²) >= 11 is 12.4. The van der Waals surface area contributed by atoms with Crippen LogP contribution in [-0.2, 0) is 4.79 Å². The van der Waals surface area contributed by atoms with Gasteiger partial charge in [0, 0.05) is 39.3 Å². The molecule has 8 heteroatoms. The summed E-state index contributed by atoms with van der Waals surface area (Å²) in [7, 11) is 0. The lowest BCUT2D eigenvalue weighted by atomic mass is 10.2. The number of rotatable bonds is 7. The summed E-state index contributed by atoms with van der Waals surface area (Å²) in [5.74, 6) is -0.00133. The summed E-state index contributed by atoms with van der Waals surface area (Å²) in [6, 6.07) is 5.52. The molecule has 0 aliphatic carbocycles. The zero-order chi connectivity index (χ0) is 19.2. The van der Waals surface area contributed by atoms with E-state index in [9.17, 15) is 9.90 Å². The van der Waals surface area contributed by atoms with E-state index in [4.69, 9.17) is 23.2 Å². The maximum Gasteiger partial charge on any atom is 0.237 e. The molecule has 3 N–H and O–H groups in total. The fourth-order valence-corrected chi connectivity index (χ4v) is 4.08. The van der Waals surface area contributed by atoms with Gasteiger partial charge in [0.15, 0.2) is 0 Å². The summed E-state index contributed by atoms with van der Waals surface area (Å²) in [5.41, 5.74) is 1.01. The Bertz CT molecular complexity index is 638. The predicted octanol–water partition coefficient (Wildman–Crippen LogP) is 1.73. The minimum Gasteiger partial charge on any atom is -0.392 e. The Morgan fingerprint density at radius 3 is 2.70 bits per heavy atom. The average molecular weight is 415 g/mol. The fourth-order valence-electron chi connectivity index (χ4n) is 3.66. The number of unbranched alkanes of at least 4 members (excludes halogenated alkanes) is 1. The zero-order valence-electron chi connectivity index (χ0n) is 15.5. The highest BCUT2D eigenvalue weighted by Crippen LogP contribution is 2.32. The smallest absolute Gasteiger partial charge is 0.237 e. The van der Waals surface area contributed by atoms with Crippen molar-refractivity contribution >= 4 is 34.8 Å². The van der Waals surface area contributed by atoms with Crippen LogP contribution in [0.25, 0.3) is 0 Å². The van der Waals surface area contributed by atoms with Gasteiger partial charge in [0.25, 0.3) is 0 Å². The molecule has 2 fully saturated rings. The molecule has 27 heavy (non-hydrogen) atoms. The monoisotopic (exact) mass is 414 g/mol. The van der Waals surface area contributed by atoms with Crippen molar-refractivity contribution in [2.45, 2.75) is 31.4 Å². The standard InChI is InChI=1S/C19H28Cl2N4O2/c20-15-4-3-5-17(18(15)21)25-10-8-24(9-11-25)7-2-1-6-22-19(27)16-12-14(26)13-23-16/h3-5,14,16,23,26H,1-2,6-13H2,(H,22,27)/t14-,16+/m1/s1. The van der Waals surface area contributed by atoms with Gasteiger partial charge in [-0.2, -0.15) is 0 Å². The van der Waals surface area contributed by atoms with E-state index in [1.165, 1.54) is 0 Å². The van der Waals surface area contributed by atoms with Crippen LogP contribution in [0.1, 0.15) is 19.3 Å². The number of piperazine rings is 1. The lowest BCUT2D eigenvalue weighted by Gasteiger charge is -2.36. The van der Waals surface area contributed by atoms with Crippen LogP contribution in [0.2, 0.25) is 10.0 Å². The normalized spacial score (nSPS) is 23.6. The van der Waals surface area contributed by atoms with Crippen LogP contribution in [0.3, 0.4) is 0 Å². The second-order valence-corrected chi connectivity index (χ2v) is 8.04. The van der Waals surface area contributed by atoms with Crippen molar-refractivity contribution < 1.29 is 9.90 Å². The molecule has 1 aromatic rings. The van der Waals surface area contributed by atoms with E-state index in [0.717, 1.165) is 51.3 Å². The Hall–Kier alpha value is -1.05. The lowest BCUT2D eigenvalue weighted by molar-refractivity contribution is -0.122. The molecule has 2 heterocycles. The zero-order valence-corrected chi connectivity index (χ0v) is 17.0. The summed E-state index contributed by atoms with van der Waals surface area (Å²) in [6.45, 7) is 6.10. The molecule has 6 nitrogen and oxygen atoms in total. The van der Waals surface area contributed by atoms with E-state index < -0.39 is 6.10 Å². The third kappa shape index (κ3) is 5.72. The molecule has 2 aliphatic heterocycles. The molecule has 3 rings (SSSR count). The number of hydrogen-bond donors (Lipinski definition) is 3. The first-order valence-electron chi connectivity index (χ1n) is 9.65. The molecule has 2 aliphatic rings. The third-order valence-electron chi connectivity index (χ3n) is 5.27. The highest BCUT2D eigenvalue weighted by Gasteiger charge is 2.27. The van der Waals surface area contributed by atoms with Crippen molar-refractivity contribution in [2.75, 3.05) is 50.7 Å². The number of aliphatic hydroxyl groups excluding tert-OH is 1. The highest BCUT2D eigenvalue weighted by atomic mass is 35.5. The molecule has 0 unspecified atom stereocenters. The Morgan fingerprint density at radius 2 is 2.00 bits per heavy atom. The number of aliphatic hydroxyl groups is 1. The number of β-amino-alcohol motifs (C(OH)–C–C–N with tert-alkyl or cyclic N) is 1. The molecule has 1 amide bonds.